The van der Waals surface area contributed by atoms with Crippen molar-refractivity contribution in [3.63, 3.8) is 0 Å². The Morgan fingerprint density at radius 2 is 1.89 bits per heavy atom. The third-order valence-electron chi connectivity index (χ3n) is 4.64. The number of carbonyl (C=O) groups is 1. The number of hydrogen-bond donors (Lipinski definition) is 1. The van der Waals surface area contributed by atoms with E-state index in [1.54, 1.807) is 36.5 Å². The van der Waals surface area contributed by atoms with E-state index in [0.717, 1.165) is 36.4 Å². The molecule has 0 saturated carbocycles. The van der Waals surface area contributed by atoms with Gasteiger partial charge < -0.3 is 10.2 Å². The van der Waals surface area contributed by atoms with E-state index >= 15 is 0 Å². The lowest BCUT2D eigenvalue weighted by Crippen LogP contribution is -2.33. The number of piperidine rings is 1. The zero-order chi connectivity index (χ0) is 18.6. The van der Waals surface area contributed by atoms with Crippen LogP contribution in [0.15, 0.2) is 47.4 Å². The van der Waals surface area contributed by atoms with Gasteiger partial charge in [-0.1, -0.05) is 17.3 Å². The number of anilines is 2. The van der Waals surface area contributed by atoms with Gasteiger partial charge in [-0.25, -0.2) is 9.67 Å². The van der Waals surface area contributed by atoms with Crippen molar-refractivity contribution >= 4 is 28.3 Å². The van der Waals surface area contributed by atoms with Crippen molar-refractivity contribution < 1.29 is 4.79 Å². The topological polar surface area (TPSA) is 93.0 Å². The quantitative estimate of drug-likeness (QED) is 0.759. The summed E-state index contributed by atoms with van der Waals surface area (Å²) < 4.78 is 1.08. The second kappa shape index (κ2) is 7.53. The van der Waals surface area contributed by atoms with Crippen LogP contribution in [0.25, 0.3) is 10.9 Å². The minimum Gasteiger partial charge on any atom is -0.355 e. The monoisotopic (exact) mass is 364 g/mol. The smallest absolute Gasteiger partial charge is 0.278 e. The first kappa shape index (κ1) is 17.1. The summed E-state index contributed by atoms with van der Waals surface area (Å²) >= 11 is 0. The molecule has 1 aliphatic rings. The van der Waals surface area contributed by atoms with E-state index in [0.29, 0.717) is 16.6 Å². The Morgan fingerprint density at radius 3 is 2.74 bits per heavy atom. The predicted octanol–water partition coefficient (Wildman–Crippen LogP) is 1.82. The van der Waals surface area contributed by atoms with Crippen LogP contribution in [0.3, 0.4) is 0 Å². The van der Waals surface area contributed by atoms with Gasteiger partial charge in [-0.3, -0.25) is 9.59 Å². The standard InChI is InChI=1S/C19H20N6O2/c26-17(13-25-19(27)14-7-2-3-8-15(14)22-23-25)21-16-9-6-10-20-18(16)24-11-4-1-5-12-24/h2-3,6-10H,1,4-5,11-13H2,(H,21,26). The van der Waals surface area contributed by atoms with Crippen LogP contribution >= 0.6 is 0 Å². The Morgan fingerprint density at radius 1 is 1.07 bits per heavy atom. The molecule has 0 unspecified atom stereocenters. The van der Waals surface area contributed by atoms with Crippen LogP contribution in [0.2, 0.25) is 0 Å². The van der Waals surface area contributed by atoms with E-state index in [-0.39, 0.29) is 18.0 Å². The number of hydrogen-bond acceptors (Lipinski definition) is 6. The summed E-state index contributed by atoms with van der Waals surface area (Å²) in [6.45, 7) is 1.65. The van der Waals surface area contributed by atoms with Gasteiger partial charge in [0, 0.05) is 19.3 Å². The number of nitrogens with zero attached hydrogens (tertiary/aromatic N) is 5. The average molecular weight is 364 g/mol. The van der Waals surface area contributed by atoms with Gasteiger partial charge in [-0.05, 0) is 43.5 Å². The molecule has 1 aromatic carbocycles. The van der Waals surface area contributed by atoms with Gasteiger partial charge >= 0.3 is 0 Å². The molecule has 1 aliphatic heterocycles. The highest BCUT2D eigenvalue weighted by atomic mass is 16.2. The van der Waals surface area contributed by atoms with Crippen molar-refractivity contribution in [2.45, 2.75) is 25.8 Å². The predicted molar refractivity (Wildman–Crippen MR) is 103 cm³/mol. The molecule has 2 aromatic heterocycles. The van der Waals surface area contributed by atoms with Crippen molar-refractivity contribution in [1.82, 2.24) is 20.0 Å². The number of aromatic nitrogens is 4. The van der Waals surface area contributed by atoms with Gasteiger partial charge in [0.2, 0.25) is 5.91 Å². The summed E-state index contributed by atoms with van der Waals surface area (Å²) in [5.41, 5.74) is 0.822. The molecule has 1 fully saturated rings. The molecule has 1 saturated heterocycles. The molecule has 8 nitrogen and oxygen atoms in total. The summed E-state index contributed by atoms with van der Waals surface area (Å²) in [7, 11) is 0. The molecule has 0 bridgehead atoms. The lowest BCUT2D eigenvalue weighted by molar-refractivity contribution is -0.117. The summed E-state index contributed by atoms with van der Waals surface area (Å²) in [5, 5.41) is 11.2. The summed E-state index contributed by atoms with van der Waals surface area (Å²) in [6, 6.07) is 10.5. The minimum atomic E-state index is -0.340. The molecule has 1 amide bonds. The molecule has 0 spiro atoms. The maximum atomic E-state index is 12.5. The van der Waals surface area contributed by atoms with Crippen molar-refractivity contribution in [3.05, 3.63) is 52.9 Å². The van der Waals surface area contributed by atoms with Gasteiger partial charge in [-0.2, -0.15) is 0 Å². The molecule has 27 heavy (non-hydrogen) atoms. The van der Waals surface area contributed by atoms with E-state index in [2.05, 4.69) is 25.5 Å². The molecule has 8 heteroatoms. The second-order valence-electron chi connectivity index (χ2n) is 6.54. The number of carbonyl (C=O) groups excluding carboxylic acids is 1. The molecular weight excluding hydrogens is 344 g/mol. The summed E-state index contributed by atoms with van der Waals surface area (Å²) in [6.07, 6.45) is 5.17. The highest BCUT2D eigenvalue weighted by molar-refractivity contribution is 5.93. The number of amides is 1. The van der Waals surface area contributed by atoms with E-state index < -0.39 is 0 Å². The normalized spacial score (nSPS) is 14.3. The molecule has 0 atom stereocenters. The molecule has 138 valence electrons. The molecule has 3 heterocycles. The maximum absolute atomic E-state index is 12.5. The van der Waals surface area contributed by atoms with Crippen LogP contribution in [0, 0.1) is 0 Å². The van der Waals surface area contributed by atoms with Crippen LogP contribution in [0.4, 0.5) is 11.5 Å². The molecule has 3 aromatic rings. The molecule has 0 radical (unpaired) electrons. The van der Waals surface area contributed by atoms with Crippen molar-refractivity contribution in [1.29, 1.82) is 0 Å². The Bertz CT molecular complexity index is 1030. The van der Waals surface area contributed by atoms with Crippen LogP contribution in [0.1, 0.15) is 19.3 Å². The fraction of sp³-hybridized carbons (Fsp3) is 0.316. The molecule has 1 N–H and O–H groups in total. The van der Waals surface area contributed by atoms with Crippen LogP contribution in [-0.4, -0.2) is 39.0 Å². The van der Waals surface area contributed by atoms with Crippen LogP contribution in [0.5, 0.6) is 0 Å². The Hall–Kier alpha value is -3.29. The number of rotatable bonds is 4. The average Bonchev–Trinajstić information content (AvgIpc) is 2.71. The third kappa shape index (κ3) is 3.64. The lowest BCUT2D eigenvalue weighted by Gasteiger charge is -2.29. The van der Waals surface area contributed by atoms with Crippen molar-refractivity contribution in [3.8, 4) is 0 Å². The Kier molecular flexibility index (Phi) is 4.78. The fourth-order valence-electron chi connectivity index (χ4n) is 3.30. The van der Waals surface area contributed by atoms with Gasteiger partial charge in [0.05, 0.1) is 11.1 Å². The van der Waals surface area contributed by atoms with E-state index in [4.69, 9.17) is 0 Å². The second-order valence-corrected chi connectivity index (χ2v) is 6.54. The van der Waals surface area contributed by atoms with Gasteiger partial charge in [0.15, 0.2) is 5.82 Å². The zero-order valence-corrected chi connectivity index (χ0v) is 14.8. The zero-order valence-electron chi connectivity index (χ0n) is 14.8. The number of nitrogens with one attached hydrogen (secondary N) is 1. The SMILES string of the molecule is O=C(Cn1nnc2ccccc2c1=O)Nc1cccnc1N1CCCCC1. The van der Waals surface area contributed by atoms with E-state index in [9.17, 15) is 9.59 Å². The van der Waals surface area contributed by atoms with Gasteiger partial charge in [-0.15, -0.1) is 5.10 Å². The fourth-order valence-corrected chi connectivity index (χ4v) is 3.30. The number of pyridine rings is 1. The maximum Gasteiger partial charge on any atom is 0.278 e. The third-order valence-corrected chi connectivity index (χ3v) is 4.64. The van der Waals surface area contributed by atoms with E-state index in [1.807, 2.05) is 6.07 Å². The van der Waals surface area contributed by atoms with Crippen LogP contribution < -0.4 is 15.8 Å². The molecule has 0 aliphatic carbocycles. The van der Waals surface area contributed by atoms with Crippen LogP contribution in [-0.2, 0) is 11.3 Å². The highest BCUT2D eigenvalue weighted by Gasteiger charge is 2.17. The first-order chi connectivity index (χ1) is 13.2. The van der Waals surface area contributed by atoms with E-state index in [1.165, 1.54) is 6.42 Å². The number of fused-ring (bicyclic) bond motifs is 1. The van der Waals surface area contributed by atoms with Crippen molar-refractivity contribution in [2.75, 3.05) is 23.3 Å². The van der Waals surface area contributed by atoms with Gasteiger partial charge in [0.25, 0.3) is 5.56 Å². The molecule has 4 rings (SSSR count). The van der Waals surface area contributed by atoms with Crippen molar-refractivity contribution in [2.24, 2.45) is 0 Å². The Labute approximate surface area is 155 Å². The number of benzene rings is 1. The molecular formula is C19H20N6O2. The minimum absolute atomic E-state index is 0.203. The summed E-state index contributed by atoms with van der Waals surface area (Å²) in [4.78, 5) is 31.6. The summed E-state index contributed by atoms with van der Waals surface area (Å²) in [5.74, 6) is 0.426. The van der Waals surface area contributed by atoms with Gasteiger partial charge in [0.1, 0.15) is 12.1 Å². The largest absolute Gasteiger partial charge is 0.355 e. The first-order valence-corrected chi connectivity index (χ1v) is 9.05. The Balaban J connectivity index is 1.54. The highest BCUT2D eigenvalue weighted by Crippen LogP contribution is 2.25. The first-order valence-electron chi connectivity index (χ1n) is 9.05. The lowest BCUT2D eigenvalue weighted by atomic mass is 10.1.